The van der Waals surface area contributed by atoms with Gasteiger partial charge in [0.15, 0.2) is 0 Å². The number of amides is 2. The molecule has 18 heavy (non-hydrogen) atoms. The first-order valence-corrected chi connectivity index (χ1v) is 5.91. The van der Waals surface area contributed by atoms with Crippen LogP contribution in [0.25, 0.3) is 11.0 Å². The second-order valence-electron chi connectivity index (χ2n) is 4.58. The smallest absolute Gasteiger partial charge is 0.235 e. The number of pyridine rings is 1. The molecular weight excluding hydrogens is 230 g/mol. The molecule has 0 aromatic carbocycles. The molecule has 0 radical (unpaired) electrons. The van der Waals surface area contributed by atoms with Crippen molar-refractivity contribution in [2.45, 2.75) is 18.8 Å². The monoisotopic (exact) mass is 243 g/mol. The zero-order valence-electron chi connectivity index (χ0n) is 10.0. The lowest BCUT2D eigenvalue weighted by Crippen LogP contribution is -2.39. The van der Waals surface area contributed by atoms with Crippen LogP contribution >= 0.6 is 0 Å². The lowest BCUT2D eigenvalue weighted by atomic mass is 9.94. The summed E-state index contributed by atoms with van der Waals surface area (Å²) < 4.78 is 1.92. The van der Waals surface area contributed by atoms with Gasteiger partial charge in [0, 0.05) is 25.1 Å². The first-order chi connectivity index (χ1) is 8.65. The number of carbonyl (C=O) groups excluding carboxylic acids is 2. The predicted octanol–water partition coefficient (Wildman–Crippen LogP) is 1.09. The van der Waals surface area contributed by atoms with Crippen molar-refractivity contribution in [2.24, 2.45) is 7.05 Å². The third-order valence-corrected chi connectivity index (χ3v) is 3.33. The summed E-state index contributed by atoms with van der Waals surface area (Å²) in [4.78, 5) is 27.4. The molecule has 0 bridgehead atoms. The van der Waals surface area contributed by atoms with E-state index in [-0.39, 0.29) is 17.7 Å². The number of nitrogens with zero attached hydrogens (tertiary/aromatic N) is 2. The van der Waals surface area contributed by atoms with Crippen molar-refractivity contribution in [3.63, 3.8) is 0 Å². The molecule has 2 aromatic heterocycles. The Morgan fingerprint density at radius 2 is 2.17 bits per heavy atom. The van der Waals surface area contributed by atoms with E-state index in [2.05, 4.69) is 10.3 Å². The zero-order valence-corrected chi connectivity index (χ0v) is 10.0. The SMILES string of the molecule is Cn1ccc2ccc(C3CCC(=O)NC3=O)nc21. The summed E-state index contributed by atoms with van der Waals surface area (Å²) >= 11 is 0. The second kappa shape index (κ2) is 3.94. The van der Waals surface area contributed by atoms with Crippen LogP contribution in [-0.4, -0.2) is 21.4 Å². The number of carbonyl (C=O) groups is 2. The number of aromatic nitrogens is 2. The molecule has 1 N–H and O–H groups in total. The first kappa shape index (κ1) is 11.0. The van der Waals surface area contributed by atoms with E-state index in [0.29, 0.717) is 12.8 Å². The molecule has 2 aromatic rings. The van der Waals surface area contributed by atoms with Gasteiger partial charge in [0.25, 0.3) is 0 Å². The van der Waals surface area contributed by atoms with E-state index in [9.17, 15) is 9.59 Å². The van der Waals surface area contributed by atoms with E-state index in [0.717, 1.165) is 16.7 Å². The molecule has 1 aliphatic rings. The van der Waals surface area contributed by atoms with E-state index < -0.39 is 0 Å². The fourth-order valence-electron chi connectivity index (χ4n) is 2.32. The van der Waals surface area contributed by atoms with Crippen LogP contribution in [0.5, 0.6) is 0 Å². The van der Waals surface area contributed by atoms with E-state index >= 15 is 0 Å². The number of hydrogen-bond acceptors (Lipinski definition) is 3. The predicted molar refractivity (Wildman–Crippen MR) is 65.8 cm³/mol. The van der Waals surface area contributed by atoms with Crippen LogP contribution in [0.4, 0.5) is 0 Å². The number of fused-ring (bicyclic) bond motifs is 1. The van der Waals surface area contributed by atoms with Gasteiger partial charge in [-0.3, -0.25) is 14.9 Å². The maximum absolute atomic E-state index is 11.8. The highest BCUT2D eigenvalue weighted by molar-refractivity contribution is 6.00. The molecule has 1 atom stereocenters. The Labute approximate surface area is 104 Å². The van der Waals surface area contributed by atoms with Crippen molar-refractivity contribution < 1.29 is 9.59 Å². The van der Waals surface area contributed by atoms with E-state index in [1.165, 1.54) is 0 Å². The average molecular weight is 243 g/mol. The van der Waals surface area contributed by atoms with Gasteiger partial charge in [0.2, 0.25) is 11.8 Å². The zero-order chi connectivity index (χ0) is 12.7. The van der Waals surface area contributed by atoms with Crippen LogP contribution in [0, 0.1) is 0 Å². The van der Waals surface area contributed by atoms with Crippen molar-refractivity contribution in [2.75, 3.05) is 0 Å². The Balaban J connectivity index is 2.01. The summed E-state index contributed by atoms with van der Waals surface area (Å²) in [7, 11) is 1.92. The Hall–Kier alpha value is -2.17. The van der Waals surface area contributed by atoms with Crippen molar-refractivity contribution in [1.82, 2.24) is 14.9 Å². The van der Waals surface area contributed by atoms with E-state index in [4.69, 9.17) is 0 Å². The third-order valence-electron chi connectivity index (χ3n) is 3.33. The third kappa shape index (κ3) is 1.68. The van der Waals surface area contributed by atoms with Crippen LogP contribution in [-0.2, 0) is 16.6 Å². The Kier molecular flexibility index (Phi) is 2.40. The molecule has 5 nitrogen and oxygen atoms in total. The molecule has 5 heteroatoms. The highest BCUT2D eigenvalue weighted by Gasteiger charge is 2.29. The Bertz CT molecular complexity index is 645. The van der Waals surface area contributed by atoms with E-state index in [1.54, 1.807) is 0 Å². The van der Waals surface area contributed by atoms with Gasteiger partial charge in [-0.25, -0.2) is 4.98 Å². The van der Waals surface area contributed by atoms with Crippen molar-refractivity contribution in [1.29, 1.82) is 0 Å². The van der Waals surface area contributed by atoms with Crippen LogP contribution in [0.1, 0.15) is 24.5 Å². The minimum atomic E-state index is -0.318. The molecule has 0 spiro atoms. The van der Waals surface area contributed by atoms with Crippen LogP contribution in [0.2, 0.25) is 0 Å². The molecule has 3 heterocycles. The maximum Gasteiger partial charge on any atom is 0.235 e. The highest BCUT2D eigenvalue weighted by atomic mass is 16.2. The quantitative estimate of drug-likeness (QED) is 0.763. The number of nitrogens with one attached hydrogen (secondary N) is 1. The van der Waals surface area contributed by atoms with Crippen molar-refractivity contribution in [3.05, 3.63) is 30.1 Å². The molecule has 1 saturated heterocycles. The number of aryl methyl sites for hydroxylation is 1. The lowest BCUT2D eigenvalue weighted by Gasteiger charge is -2.20. The number of piperidine rings is 1. The van der Waals surface area contributed by atoms with Gasteiger partial charge in [0.05, 0.1) is 11.6 Å². The van der Waals surface area contributed by atoms with Gasteiger partial charge < -0.3 is 4.57 Å². The van der Waals surface area contributed by atoms with Gasteiger partial charge in [-0.15, -0.1) is 0 Å². The van der Waals surface area contributed by atoms with E-state index in [1.807, 2.05) is 36.0 Å². The molecule has 0 saturated carbocycles. The summed E-state index contributed by atoms with van der Waals surface area (Å²) in [5.74, 6) is -0.759. The van der Waals surface area contributed by atoms with Crippen molar-refractivity contribution >= 4 is 22.8 Å². The Morgan fingerprint density at radius 1 is 1.33 bits per heavy atom. The Morgan fingerprint density at radius 3 is 2.94 bits per heavy atom. The summed E-state index contributed by atoms with van der Waals surface area (Å²) in [6.45, 7) is 0. The molecule has 1 aliphatic heterocycles. The standard InChI is InChI=1S/C13H13N3O2/c1-16-7-6-8-2-4-10(14-12(8)16)9-3-5-11(17)15-13(9)18/h2,4,6-7,9H,3,5H2,1H3,(H,15,17,18). The van der Waals surface area contributed by atoms with Crippen LogP contribution in [0.15, 0.2) is 24.4 Å². The summed E-state index contributed by atoms with van der Waals surface area (Å²) in [5, 5.41) is 3.41. The summed E-state index contributed by atoms with van der Waals surface area (Å²) in [5.41, 5.74) is 1.59. The first-order valence-electron chi connectivity index (χ1n) is 5.91. The highest BCUT2D eigenvalue weighted by Crippen LogP contribution is 2.25. The van der Waals surface area contributed by atoms with Gasteiger partial charge in [0.1, 0.15) is 5.65 Å². The number of imide groups is 1. The molecular formula is C13H13N3O2. The topological polar surface area (TPSA) is 64.0 Å². The fraction of sp³-hybridized carbons (Fsp3) is 0.308. The molecule has 1 unspecified atom stereocenters. The maximum atomic E-state index is 11.8. The number of rotatable bonds is 1. The molecule has 0 aliphatic carbocycles. The molecule has 2 amide bonds. The van der Waals surface area contributed by atoms with Crippen LogP contribution in [0.3, 0.4) is 0 Å². The normalized spacial score (nSPS) is 20.2. The summed E-state index contributed by atoms with van der Waals surface area (Å²) in [6.07, 6.45) is 2.85. The minimum absolute atomic E-state index is 0.198. The van der Waals surface area contributed by atoms with Gasteiger partial charge in [-0.2, -0.15) is 0 Å². The van der Waals surface area contributed by atoms with Gasteiger partial charge in [-0.05, 0) is 24.6 Å². The number of hydrogen-bond donors (Lipinski definition) is 1. The largest absolute Gasteiger partial charge is 0.336 e. The second-order valence-corrected chi connectivity index (χ2v) is 4.58. The van der Waals surface area contributed by atoms with Crippen molar-refractivity contribution in [3.8, 4) is 0 Å². The lowest BCUT2D eigenvalue weighted by molar-refractivity contribution is -0.134. The molecule has 1 fully saturated rings. The summed E-state index contributed by atoms with van der Waals surface area (Å²) in [6, 6.07) is 5.81. The van der Waals surface area contributed by atoms with Gasteiger partial charge >= 0.3 is 0 Å². The molecule has 92 valence electrons. The van der Waals surface area contributed by atoms with Gasteiger partial charge in [-0.1, -0.05) is 0 Å². The minimum Gasteiger partial charge on any atom is -0.336 e. The average Bonchev–Trinajstić information content (AvgIpc) is 2.71. The fourth-order valence-corrected chi connectivity index (χ4v) is 2.32. The van der Waals surface area contributed by atoms with Crippen LogP contribution < -0.4 is 5.32 Å². The molecule has 3 rings (SSSR count).